The lowest BCUT2D eigenvalue weighted by atomic mass is 9.98. The predicted molar refractivity (Wildman–Crippen MR) is 112 cm³/mol. The zero-order chi connectivity index (χ0) is 22.2. The van der Waals surface area contributed by atoms with E-state index in [0.29, 0.717) is 0 Å². The molecule has 0 radical (unpaired) electrons. The van der Waals surface area contributed by atoms with Crippen molar-refractivity contribution in [3.8, 4) is 0 Å². The summed E-state index contributed by atoms with van der Waals surface area (Å²) < 4.78 is 52.1. The van der Waals surface area contributed by atoms with Crippen molar-refractivity contribution in [2.45, 2.75) is 37.4 Å². The minimum Gasteiger partial charge on any atom is -0.377 e. The second kappa shape index (κ2) is 12.2. The Hall–Kier alpha value is 0.291. The summed E-state index contributed by atoms with van der Waals surface area (Å²) >= 11 is 0. The Morgan fingerprint density at radius 3 is 0.607 bits per heavy atom. The first-order valence-electron chi connectivity index (χ1n) is 9.11. The Morgan fingerprint density at radius 1 is 0.357 bits per heavy atom. The average Bonchev–Trinajstić information content (AvgIpc) is 2.73. The van der Waals surface area contributed by atoms with E-state index in [9.17, 15) is 0 Å². The van der Waals surface area contributed by atoms with Crippen LogP contribution in [0.2, 0.25) is 16.6 Å². The van der Waals surface area contributed by atoms with Crippen LogP contribution in [0.4, 0.5) is 0 Å². The molecule has 0 spiro atoms. The third-order valence-electron chi connectivity index (χ3n) is 5.97. The molecular formula is C16H40O9Si3. The molecular weight excluding hydrogens is 420 g/mol. The van der Waals surface area contributed by atoms with Crippen molar-refractivity contribution < 1.29 is 39.8 Å². The van der Waals surface area contributed by atoms with Crippen molar-refractivity contribution in [2.75, 3.05) is 64.0 Å². The molecule has 3 atom stereocenters. The normalized spacial score (nSPS) is 18.0. The van der Waals surface area contributed by atoms with Crippen LogP contribution in [0.1, 0.15) is 20.8 Å². The largest absolute Gasteiger partial charge is 0.503 e. The van der Waals surface area contributed by atoms with E-state index in [1.807, 2.05) is 20.8 Å². The van der Waals surface area contributed by atoms with Gasteiger partial charge in [0.1, 0.15) is 0 Å². The van der Waals surface area contributed by atoms with Gasteiger partial charge in [-0.2, -0.15) is 0 Å². The zero-order valence-electron chi connectivity index (χ0n) is 19.5. The SMILES string of the molecule is CO[Si](OC)(OC)C(C)C(C(C)[Si](OC)(OC)OC)C(C)[Si](OC)(OC)OC. The van der Waals surface area contributed by atoms with E-state index < -0.39 is 26.4 Å². The van der Waals surface area contributed by atoms with Gasteiger partial charge in [-0.05, 0) is 5.92 Å². The molecule has 12 heteroatoms. The third-order valence-corrected chi connectivity index (χ3v) is 15.6. The van der Waals surface area contributed by atoms with Gasteiger partial charge in [0.05, 0.1) is 0 Å². The molecule has 28 heavy (non-hydrogen) atoms. The molecule has 0 saturated carbocycles. The molecule has 0 aromatic carbocycles. The summed E-state index contributed by atoms with van der Waals surface area (Å²) in [6.45, 7) is 6.13. The first-order chi connectivity index (χ1) is 13.1. The summed E-state index contributed by atoms with van der Waals surface area (Å²) in [7, 11) is 5.31. The molecule has 0 amide bonds. The Morgan fingerprint density at radius 2 is 0.500 bits per heavy atom. The van der Waals surface area contributed by atoms with Crippen molar-refractivity contribution in [2.24, 2.45) is 5.92 Å². The van der Waals surface area contributed by atoms with E-state index in [-0.39, 0.29) is 22.5 Å². The van der Waals surface area contributed by atoms with E-state index in [1.54, 1.807) is 64.0 Å². The second-order valence-electron chi connectivity index (χ2n) is 6.59. The molecule has 170 valence electrons. The van der Waals surface area contributed by atoms with Gasteiger partial charge in [-0.1, -0.05) is 20.8 Å². The smallest absolute Gasteiger partial charge is 0.377 e. The van der Waals surface area contributed by atoms with Gasteiger partial charge in [0.15, 0.2) is 0 Å². The summed E-state index contributed by atoms with van der Waals surface area (Å²) in [6.07, 6.45) is 0. The molecule has 3 unspecified atom stereocenters. The molecule has 9 nitrogen and oxygen atoms in total. The van der Waals surface area contributed by atoms with Crippen molar-refractivity contribution >= 4 is 26.4 Å². The highest BCUT2D eigenvalue weighted by Crippen LogP contribution is 2.51. The zero-order valence-corrected chi connectivity index (χ0v) is 22.5. The van der Waals surface area contributed by atoms with Crippen molar-refractivity contribution in [1.29, 1.82) is 0 Å². The summed E-state index contributed by atoms with van der Waals surface area (Å²) in [6, 6.07) is 0. The lowest BCUT2D eigenvalue weighted by molar-refractivity contribution is 0.0677. The molecule has 0 rings (SSSR count). The van der Waals surface area contributed by atoms with Crippen molar-refractivity contribution in [3.05, 3.63) is 0 Å². The summed E-state index contributed by atoms with van der Waals surface area (Å²) in [5.74, 6) is -0.135. The van der Waals surface area contributed by atoms with E-state index >= 15 is 0 Å². The quantitative estimate of drug-likeness (QED) is 0.342. The Bertz CT molecular complexity index is 345. The van der Waals surface area contributed by atoms with Gasteiger partial charge in [0, 0.05) is 80.6 Å². The molecule has 0 fully saturated rings. The fourth-order valence-corrected chi connectivity index (χ4v) is 13.0. The first kappa shape index (κ1) is 28.3. The molecule has 0 saturated heterocycles. The molecule has 0 aromatic heterocycles. The monoisotopic (exact) mass is 460 g/mol. The van der Waals surface area contributed by atoms with Crippen molar-refractivity contribution in [3.63, 3.8) is 0 Å². The highest BCUT2D eigenvalue weighted by molar-refractivity contribution is 6.66. The second-order valence-corrected chi connectivity index (χ2v) is 16.6. The fraction of sp³-hybridized carbons (Fsp3) is 1.00. The van der Waals surface area contributed by atoms with Gasteiger partial charge in [0.25, 0.3) is 0 Å². The van der Waals surface area contributed by atoms with Gasteiger partial charge in [-0.25, -0.2) is 0 Å². The minimum atomic E-state index is -3.03. The molecule has 0 aromatic rings. The third kappa shape index (κ3) is 5.12. The number of hydrogen-bond acceptors (Lipinski definition) is 9. The van der Waals surface area contributed by atoms with Gasteiger partial charge in [0.2, 0.25) is 0 Å². The van der Waals surface area contributed by atoms with Crippen LogP contribution in [0.25, 0.3) is 0 Å². The molecule has 0 aliphatic heterocycles. The van der Waals surface area contributed by atoms with Gasteiger partial charge in [-0.3, -0.25) is 0 Å². The summed E-state index contributed by atoms with van der Waals surface area (Å²) in [5, 5.41) is 0. The van der Waals surface area contributed by atoms with Gasteiger partial charge >= 0.3 is 26.4 Å². The Labute approximate surface area is 173 Å². The lowest BCUT2D eigenvalue weighted by Gasteiger charge is -2.46. The highest BCUT2D eigenvalue weighted by atomic mass is 28.4. The van der Waals surface area contributed by atoms with Crippen LogP contribution >= 0.6 is 0 Å². The fourth-order valence-electron chi connectivity index (χ4n) is 4.43. The van der Waals surface area contributed by atoms with Crippen LogP contribution < -0.4 is 0 Å². The van der Waals surface area contributed by atoms with Crippen LogP contribution in [0.15, 0.2) is 0 Å². The molecule has 0 heterocycles. The molecule has 0 aliphatic carbocycles. The lowest BCUT2D eigenvalue weighted by Crippen LogP contribution is -2.59. The Kier molecular flexibility index (Phi) is 12.3. The molecule has 0 bridgehead atoms. The molecule has 0 N–H and O–H groups in total. The maximum Gasteiger partial charge on any atom is 0.503 e. The van der Waals surface area contributed by atoms with Crippen LogP contribution in [0.5, 0.6) is 0 Å². The minimum absolute atomic E-state index is 0.135. The summed E-state index contributed by atoms with van der Waals surface area (Å²) in [4.78, 5) is 0. The Balaban J connectivity index is 6.54. The van der Waals surface area contributed by atoms with E-state index in [4.69, 9.17) is 39.8 Å². The maximum absolute atomic E-state index is 5.79. The predicted octanol–water partition coefficient (Wildman–Crippen LogP) is 2.41. The van der Waals surface area contributed by atoms with Gasteiger partial charge in [-0.15, -0.1) is 0 Å². The van der Waals surface area contributed by atoms with Crippen LogP contribution in [-0.4, -0.2) is 90.4 Å². The maximum atomic E-state index is 5.79. The number of hydrogen-bond donors (Lipinski definition) is 0. The average molecular weight is 461 g/mol. The number of rotatable bonds is 15. The standard InChI is InChI=1S/C16H40O9Si3/c1-13(26(17-4,18-5)19-6)16(14(2)27(20-7,21-8)22-9)15(3)28(23-10,24-11)25-12/h13-16H,1-12H3. The van der Waals surface area contributed by atoms with E-state index in [1.165, 1.54) is 0 Å². The van der Waals surface area contributed by atoms with E-state index in [0.717, 1.165) is 0 Å². The highest BCUT2D eigenvalue weighted by Gasteiger charge is 2.62. The van der Waals surface area contributed by atoms with Crippen molar-refractivity contribution in [1.82, 2.24) is 0 Å². The van der Waals surface area contributed by atoms with E-state index in [2.05, 4.69) is 0 Å². The first-order valence-corrected chi connectivity index (χ1v) is 14.5. The summed E-state index contributed by atoms with van der Waals surface area (Å²) in [5.41, 5.74) is -0.466. The van der Waals surface area contributed by atoms with Gasteiger partial charge < -0.3 is 39.8 Å². The van der Waals surface area contributed by atoms with Crippen LogP contribution in [0, 0.1) is 5.92 Å². The molecule has 0 aliphatic rings. The topological polar surface area (TPSA) is 83.1 Å². The van der Waals surface area contributed by atoms with Crippen LogP contribution in [0.3, 0.4) is 0 Å². The van der Waals surface area contributed by atoms with Crippen LogP contribution in [-0.2, 0) is 39.8 Å².